The largest absolute Gasteiger partial charge is 1.00 e. The van der Waals surface area contributed by atoms with Crippen molar-refractivity contribution in [2.45, 2.75) is 57.2 Å². The van der Waals surface area contributed by atoms with Gasteiger partial charge in [0.1, 0.15) is 0 Å². The number of benzene rings is 4. The molecule has 0 aromatic heterocycles. The number of alkyl halides is 6. The maximum atomic E-state index is 14.0. The minimum atomic E-state index is -4.79. The number of hydrogen-bond acceptors (Lipinski definition) is 8. The van der Waals surface area contributed by atoms with Gasteiger partial charge in [0.15, 0.2) is 0 Å². The number of halogens is 10. The number of carbonyl (C=O) groups excluding carboxylic acids is 1. The van der Waals surface area contributed by atoms with Crippen molar-refractivity contribution in [2.75, 3.05) is 6.61 Å². The standard InChI is InChI=1S/C20H16Cl2F3NO3.C18H12Cl2F3NO3.Li.2H2O/c1-3-28-18(27)16-5-4-12(6-11(16)2)17-10-19(29-26-17,20(23,24)25)13-7-14(21)9-15(22)8-13;1-9-4-10(2-3-14(9)16(25)26)15-8-17(27-24-15,18(21,22)23)11-5-12(19)7-13(20)6-11;;;/h4-9H,3,10H2,1-2H3;2-7H,8H2,1H3,(H,25,26);;2*1H2/q;;+1;;/p-1. The molecule has 0 saturated heterocycles. The van der Waals surface area contributed by atoms with Gasteiger partial charge in [-0.2, -0.15) is 26.3 Å². The Morgan fingerprint density at radius 3 is 1.36 bits per heavy atom. The SMILES string of the molecule is CCOC(=O)c1ccc(C2=NOC(c3cc(Cl)cc(Cl)c3)(C(F)(F)F)C2)cc1C.Cc1cc(C2=NOC(c3cc(Cl)cc(Cl)c3)(C(F)(F)F)C2)ccc1C(=O)O.O.[Li+].[OH-]. The number of carboxylic acids is 1. The molecule has 2 aliphatic rings. The number of oxime groups is 2. The zero-order valence-electron chi connectivity index (χ0n) is 31.2. The van der Waals surface area contributed by atoms with Gasteiger partial charge in [-0.25, -0.2) is 9.59 Å². The van der Waals surface area contributed by atoms with Crippen LogP contribution in [-0.2, 0) is 25.6 Å². The first-order valence-corrected chi connectivity index (χ1v) is 17.8. The molecule has 4 N–H and O–H groups in total. The van der Waals surface area contributed by atoms with Crippen molar-refractivity contribution in [2.24, 2.45) is 10.3 Å². The van der Waals surface area contributed by atoms with Gasteiger partial charge in [0.05, 0.1) is 29.2 Å². The summed E-state index contributed by atoms with van der Waals surface area (Å²) in [5.41, 5.74) is -3.68. The molecule has 312 valence electrons. The third-order valence-corrected chi connectivity index (χ3v) is 9.75. The molecule has 4 aromatic rings. The van der Waals surface area contributed by atoms with E-state index in [2.05, 4.69) is 10.3 Å². The Balaban J connectivity index is 0.000000388. The van der Waals surface area contributed by atoms with Crippen molar-refractivity contribution in [3.05, 3.63) is 137 Å². The van der Waals surface area contributed by atoms with E-state index < -0.39 is 48.3 Å². The van der Waals surface area contributed by atoms with E-state index >= 15 is 0 Å². The second-order valence-electron chi connectivity index (χ2n) is 12.7. The fourth-order valence-corrected chi connectivity index (χ4v) is 7.11. The van der Waals surface area contributed by atoms with Crippen LogP contribution < -0.4 is 18.9 Å². The maximum Gasteiger partial charge on any atom is 1.00 e. The second-order valence-corrected chi connectivity index (χ2v) is 14.4. The van der Waals surface area contributed by atoms with Gasteiger partial charge >= 0.3 is 43.2 Å². The van der Waals surface area contributed by atoms with E-state index in [-0.39, 0.29) is 84.6 Å². The molecular formula is C38H31Cl4F6LiN2O8. The van der Waals surface area contributed by atoms with Crippen LogP contribution in [0.15, 0.2) is 83.1 Å². The average Bonchev–Trinajstić information content (AvgIpc) is 3.75. The number of carbonyl (C=O) groups is 2. The number of ether oxygens (including phenoxy) is 1. The minimum absolute atomic E-state index is 0. The number of hydrogen-bond donors (Lipinski definition) is 1. The first-order valence-electron chi connectivity index (χ1n) is 16.3. The van der Waals surface area contributed by atoms with Gasteiger partial charge in [-0.3, -0.25) is 0 Å². The molecule has 0 spiro atoms. The molecule has 0 radical (unpaired) electrons. The summed E-state index contributed by atoms with van der Waals surface area (Å²) in [6, 6.07) is 16.0. The molecule has 2 aliphatic heterocycles. The molecule has 0 aliphatic carbocycles. The van der Waals surface area contributed by atoms with E-state index in [1.165, 1.54) is 42.5 Å². The molecule has 2 unspecified atom stereocenters. The van der Waals surface area contributed by atoms with Gasteiger partial charge in [0.25, 0.3) is 11.2 Å². The molecule has 4 aromatic carbocycles. The number of aromatic carboxylic acids is 1. The van der Waals surface area contributed by atoms with Crippen LogP contribution in [0.3, 0.4) is 0 Å². The molecule has 0 fully saturated rings. The van der Waals surface area contributed by atoms with Gasteiger partial charge in [0.2, 0.25) is 0 Å². The molecule has 6 rings (SSSR count). The summed E-state index contributed by atoms with van der Waals surface area (Å²) >= 11 is 23.5. The number of rotatable bonds is 7. The molecule has 59 heavy (non-hydrogen) atoms. The Hall–Kier alpha value is -3.98. The predicted octanol–water partition coefficient (Wildman–Crippen LogP) is 7.65. The normalized spacial score (nSPS) is 18.3. The van der Waals surface area contributed by atoms with E-state index in [4.69, 9.17) is 65.9 Å². The molecule has 10 nitrogen and oxygen atoms in total. The summed E-state index contributed by atoms with van der Waals surface area (Å²) < 4.78 is 88.9. The van der Waals surface area contributed by atoms with Crippen LogP contribution in [-0.4, -0.2) is 58.4 Å². The Morgan fingerprint density at radius 1 is 0.695 bits per heavy atom. The quantitative estimate of drug-likeness (QED) is 0.113. The van der Waals surface area contributed by atoms with Crippen LogP contribution in [0.1, 0.15) is 73.9 Å². The molecule has 21 heteroatoms. The van der Waals surface area contributed by atoms with Crippen molar-refractivity contribution >= 4 is 69.8 Å². The summed E-state index contributed by atoms with van der Waals surface area (Å²) in [4.78, 5) is 32.9. The van der Waals surface area contributed by atoms with Crippen molar-refractivity contribution in [1.82, 2.24) is 0 Å². The third-order valence-electron chi connectivity index (χ3n) is 8.87. The van der Waals surface area contributed by atoms with Gasteiger partial charge in [-0.1, -0.05) is 68.8 Å². The van der Waals surface area contributed by atoms with Crippen LogP contribution >= 0.6 is 46.4 Å². The van der Waals surface area contributed by atoms with E-state index in [0.29, 0.717) is 27.8 Å². The van der Waals surface area contributed by atoms with E-state index in [1.54, 1.807) is 26.8 Å². The molecule has 0 bridgehead atoms. The molecule has 2 atom stereocenters. The van der Waals surface area contributed by atoms with E-state index in [1.807, 2.05) is 0 Å². The summed E-state index contributed by atoms with van der Waals surface area (Å²) in [5, 5.41) is 16.6. The van der Waals surface area contributed by atoms with Crippen LogP contribution in [0.4, 0.5) is 26.3 Å². The van der Waals surface area contributed by atoms with Gasteiger partial charge in [-0.15, -0.1) is 0 Å². The Labute approximate surface area is 364 Å². The number of esters is 1. The first kappa shape index (κ1) is 51.2. The fourth-order valence-electron chi connectivity index (χ4n) is 6.06. The molecular weight excluding hydrogens is 875 g/mol. The van der Waals surface area contributed by atoms with Crippen molar-refractivity contribution in [3.8, 4) is 0 Å². The topological polar surface area (TPSA) is 168 Å². The molecule has 0 saturated carbocycles. The molecule has 2 heterocycles. The Kier molecular flexibility index (Phi) is 17.0. The smallest absolute Gasteiger partial charge is 0.870 e. The number of carboxylic acid groups (broad SMARTS) is 1. The Morgan fingerprint density at radius 2 is 1.05 bits per heavy atom. The Bertz CT molecular complexity index is 2240. The maximum absolute atomic E-state index is 14.0. The minimum Gasteiger partial charge on any atom is -0.870 e. The third kappa shape index (κ3) is 10.7. The van der Waals surface area contributed by atoms with Crippen LogP contribution in [0.25, 0.3) is 0 Å². The van der Waals surface area contributed by atoms with Gasteiger partial charge in [0, 0.05) is 44.1 Å². The van der Waals surface area contributed by atoms with E-state index in [0.717, 1.165) is 24.3 Å². The van der Waals surface area contributed by atoms with Crippen molar-refractivity contribution < 1.29 is 85.3 Å². The van der Waals surface area contributed by atoms with Gasteiger partial charge in [-0.05, 0) is 104 Å². The first-order chi connectivity index (χ1) is 26.1. The van der Waals surface area contributed by atoms with E-state index in [9.17, 15) is 35.9 Å². The zero-order valence-corrected chi connectivity index (χ0v) is 34.2. The van der Waals surface area contributed by atoms with Crippen LogP contribution in [0, 0.1) is 13.8 Å². The molecule has 0 amide bonds. The number of aryl methyl sites for hydroxylation is 2. The summed E-state index contributed by atoms with van der Waals surface area (Å²) in [7, 11) is 0. The second kappa shape index (κ2) is 19.6. The monoisotopic (exact) mass is 904 g/mol. The fraction of sp³-hybridized carbons (Fsp3) is 0.263. The van der Waals surface area contributed by atoms with Crippen LogP contribution in [0.5, 0.6) is 0 Å². The van der Waals surface area contributed by atoms with Crippen molar-refractivity contribution in [3.63, 3.8) is 0 Å². The predicted molar refractivity (Wildman–Crippen MR) is 204 cm³/mol. The summed E-state index contributed by atoms with van der Waals surface area (Å²) in [5.74, 6) is -1.62. The van der Waals surface area contributed by atoms with Crippen molar-refractivity contribution in [1.29, 1.82) is 0 Å². The summed E-state index contributed by atoms with van der Waals surface area (Å²) in [6.45, 7) is 5.12. The average molecular weight is 906 g/mol. The zero-order chi connectivity index (χ0) is 41.4. The van der Waals surface area contributed by atoms with Crippen LogP contribution in [0.2, 0.25) is 20.1 Å². The summed E-state index contributed by atoms with van der Waals surface area (Å²) in [6.07, 6.45) is -10.7. The number of nitrogens with zero attached hydrogens (tertiary/aromatic N) is 2. The van der Waals surface area contributed by atoms with Gasteiger partial charge < -0.3 is 30.5 Å².